The fourth-order valence-electron chi connectivity index (χ4n) is 4.71. The van der Waals surface area contributed by atoms with Crippen LogP contribution in [0.5, 0.6) is 0 Å². The molecule has 0 heterocycles. The Hall–Kier alpha value is -3.66. The number of hydrogen-bond acceptors (Lipinski definition) is 4. The first-order chi connectivity index (χ1) is 21.1. The molecule has 0 saturated heterocycles. The first-order valence-corrected chi connectivity index (χ1v) is 16.9. The molecule has 2 atom stereocenters. The Morgan fingerprint density at radius 2 is 1.50 bits per heavy atom. The van der Waals surface area contributed by atoms with Gasteiger partial charge in [-0.3, -0.25) is 13.9 Å². The van der Waals surface area contributed by atoms with Crippen molar-refractivity contribution in [2.24, 2.45) is 0 Å². The monoisotopic (exact) mass is 695 g/mol. The van der Waals surface area contributed by atoms with Gasteiger partial charge in [-0.05, 0) is 66.9 Å². The Bertz CT molecular complexity index is 1670. The third-order valence-electron chi connectivity index (χ3n) is 7.22. The van der Waals surface area contributed by atoms with Gasteiger partial charge in [0.2, 0.25) is 11.8 Å². The number of hydrogen-bond donors (Lipinski definition) is 1. The lowest BCUT2D eigenvalue weighted by molar-refractivity contribution is -0.140. The first kappa shape index (κ1) is 33.2. The normalized spacial score (nSPS) is 12.6. The first-order valence-electron chi connectivity index (χ1n) is 14.3. The minimum Gasteiger partial charge on any atom is -0.352 e. The van der Waals surface area contributed by atoms with Crippen LogP contribution in [0.2, 0.25) is 5.02 Å². The molecule has 0 fully saturated rings. The Morgan fingerprint density at radius 1 is 0.864 bits per heavy atom. The molecule has 0 saturated carbocycles. The Balaban J connectivity index is 1.80. The molecular weight excluding hydrogens is 662 g/mol. The molecule has 0 aliphatic carbocycles. The standard InChI is InChI=1S/C34H35BrClN3O4S/c1-3-25(2)37-34(41)32(21-26-12-6-4-7-13-26)38(23-27-14-10-16-29(36)20-27)33(40)24-39(30-17-11-15-28(35)22-30)44(42,43)31-18-8-5-9-19-31/h4-20,22,25,32H,3,21,23-24H2,1-2H3,(H,37,41)/t25-,32-/m1/s1. The number of carbonyl (C=O) groups is 2. The van der Waals surface area contributed by atoms with Gasteiger partial charge in [0.1, 0.15) is 12.6 Å². The molecule has 7 nitrogen and oxygen atoms in total. The summed E-state index contributed by atoms with van der Waals surface area (Å²) in [4.78, 5) is 29.8. The van der Waals surface area contributed by atoms with Gasteiger partial charge in [0, 0.05) is 28.5 Å². The van der Waals surface area contributed by atoms with Crippen LogP contribution in [-0.2, 0) is 32.6 Å². The zero-order valence-electron chi connectivity index (χ0n) is 24.6. The number of halogens is 2. The summed E-state index contributed by atoms with van der Waals surface area (Å²) in [5.74, 6) is -0.858. The summed E-state index contributed by atoms with van der Waals surface area (Å²) in [5, 5.41) is 3.52. The molecule has 0 aliphatic rings. The predicted octanol–water partition coefficient (Wildman–Crippen LogP) is 6.85. The van der Waals surface area contributed by atoms with Crippen LogP contribution < -0.4 is 9.62 Å². The highest BCUT2D eigenvalue weighted by Crippen LogP contribution is 2.27. The third-order valence-corrected chi connectivity index (χ3v) is 9.74. The molecule has 0 radical (unpaired) electrons. The van der Waals surface area contributed by atoms with Crippen molar-refractivity contribution in [2.45, 2.75) is 50.2 Å². The van der Waals surface area contributed by atoms with Gasteiger partial charge in [-0.1, -0.05) is 101 Å². The fourth-order valence-corrected chi connectivity index (χ4v) is 6.73. The third kappa shape index (κ3) is 8.71. The van der Waals surface area contributed by atoms with Crippen molar-refractivity contribution in [1.29, 1.82) is 0 Å². The van der Waals surface area contributed by atoms with Gasteiger partial charge >= 0.3 is 0 Å². The van der Waals surface area contributed by atoms with Gasteiger partial charge in [0.15, 0.2) is 0 Å². The summed E-state index contributed by atoms with van der Waals surface area (Å²) in [7, 11) is -4.16. The summed E-state index contributed by atoms with van der Waals surface area (Å²) in [5.41, 5.74) is 1.88. The maximum absolute atomic E-state index is 14.5. The highest BCUT2D eigenvalue weighted by Gasteiger charge is 2.35. The van der Waals surface area contributed by atoms with E-state index in [4.69, 9.17) is 11.6 Å². The molecule has 0 spiro atoms. The van der Waals surface area contributed by atoms with E-state index in [1.807, 2.05) is 50.2 Å². The number of nitrogens with one attached hydrogen (secondary N) is 1. The Kier molecular flexibility index (Phi) is 11.6. The zero-order valence-corrected chi connectivity index (χ0v) is 27.7. The van der Waals surface area contributed by atoms with Gasteiger partial charge in [-0.15, -0.1) is 0 Å². The Labute approximate surface area is 273 Å². The van der Waals surface area contributed by atoms with Crippen LogP contribution in [0.1, 0.15) is 31.4 Å². The summed E-state index contributed by atoms with van der Waals surface area (Å²) < 4.78 is 29.8. The topological polar surface area (TPSA) is 86.8 Å². The van der Waals surface area contributed by atoms with E-state index in [2.05, 4.69) is 21.2 Å². The number of carbonyl (C=O) groups excluding carboxylic acids is 2. The molecule has 4 rings (SSSR count). The quantitative estimate of drug-likeness (QED) is 0.166. The molecule has 4 aromatic rings. The molecular formula is C34H35BrClN3O4S. The maximum atomic E-state index is 14.5. The second-order valence-electron chi connectivity index (χ2n) is 10.5. The average molecular weight is 697 g/mol. The van der Waals surface area contributed by atoms with Gasteiger partial charge in [0.25, 0.3) is 10.0 Å². The van der Waals surface area contributed by atoms with Gasteiger partial charge in [-0.25, -0.2) is 8.42 Å². The van der Waals surface area contributed by atoms with E-state index in [9.17, 15) is 18.0 Å². The Morgan fingerprint density at radius 3 is 2.14 bits per heavy atom. The van der Waals surface area contributed by atoms with E-state index in [1.165, 1.54) is 17.0 Å². The second-order valence-corrected chi connectivity index (χ2v) is 13.7. The van der Waals surface area contributed by atoms with E-state index in [-0.39, 0.29) is 29.8 Å². The molecule has 0 aromatic heterocycles. The van der Waals surface area contributed by atoms with Crippen molar-refractivity contribution >= 4 is 55.1 Å². The molecule has 4 aromatic carbocycles. The summed E-state index contributed by atoms with van der Waals surface area (Å²) in [6, 6.07) is 30.2. The lowest BCUT2D eigenvalue weighted by Gasteiger charge is -2.34. The number of rotatable bonds is 13. The smallest absolute Gasteiger partial charge is 0.264 e. The van der Waals surface area contributed by atoms with E-state index in [0.717, 1.165) is 9.87 Å². The van der Waals surface area contributed by atoms with Crippen molar-refractivity contribution in [2.75, 3.05) is 10.8 Å². The summed E-state index contributed by atoms with van der Waals surface area (Å²) in [6.07, 6.45) is 0.940. The largest absolute Gasteiger partial charge is 0.352 e. The molecule has 44 heavy (non-hydrogen) atoms. The zero-order chi connectivity index (χ0) is 31.7. The van der Waals surface area contributed by atoms with E-state index in [1.54, 1.807) is 60.7 Å². The highest BCUT2D eigenvalue weighted by atomic mass is 79.9. The number of sulfonamides is 1. The van der Waals surface area contributed by atoms with E-state index < -0.39 is 28.5 Å². The van der Waals surface area contributed by atoms with E-state index in [0.29, 0.717) is 27.2 Å². The molecule has 1 N–H and O–H groups in total. The van der Waals surface area contributed by atoms with Crippen LogP contribution in [0.4, 0.5) is 5.69 Å². The highest BCUT2D eigenvalue weighted by molar-refractivity contribution is 9.10. The van der Waals surface area contributed by atoms with Gasteiger partial charge in [-0.2, -0.15) is 0 Å². The summed E-state index contributed by atoms with van der Waals surface area (Å²) >= 11 is 9.73. The number of anilines is 1. The van der Waals surface area contributed by atoms with Gasteiger partial charge in [0.05, 0.1) is 10.6 Å². The molecule has 2 amide bonds. The number of nitrogens with zero attached hydrogens (tertiary/aromatic N) is 2. The lowest BCUT2D eigenvalue weighted by atomic mass is 10.0. The van der Waals surface area contributed by atoms with Crippen LogP contribution in [-0.4, -0.2) is 43.8 Å². The SMILES string of the molecule is CC[C@@H](C)NC(=O)[C@@H](Cc1ccccc1)N(Cc1cccc(Cl)c1)C(=O)CN(c1cccc(Br)c1)S(=O)(=O)c1ccccc1. The molecule has 10 heteroatoms. The van der Waals surface area contributed by atoms with Crippen molar-refractivity contribution in [3.8, 4) is 0 Å². The van der Waals surface area contributed by atoms with Gasteiger partial charge < -0.3 is 10.2 Å². The fraction of sp³-hybridized carbons (Fsp3) is 0.235. The van der Waals surface area contributed by atoms with Crippen molar-refractivity contribution < 1.29 is 18.0 Å². The second kappa shape index (κ2) is 15.4. The van der Waals surface area contributed by atoms with Crippen LogP contribution in [0.15, 0.2) is 119 Å². The van der Waals surface area contributed by atoms with Crippen LogP contribution in [0.25, 0.3) is 0 Å². The predicted molar refractivity (Wildman–Crippen MR) is 179 cm³/mol. The molecule has 0 bridgehead atoms. The molecule has 230 valence electrons. The minimum atomic E-state index is -4.16. The van der Waals surface area contributed by atoms with Crippen LogP contribution >= 0.6 is 27.5 Å². The van der Waals surface area contributed by atoms with E-state index >= 15 is 0 Å². The van der Waals surface area contributed by atoms with Crippen molar-refractivity contribution in [3.63, 3.8) is 0 Å². The minimum absolute atomic E-state index is 0.0442. The molecule has 0 unspecified atom stereocenters. The van der Waals surface area contributed by atoms with Crippen molar-refractivity contribution in [1.82, 2.24) is 10.2 Å². The lowest BCUT2D eigenvalue weighted by Crippen LogP contribution is -2.54. The number of benzene rings is 4. The maximum Gasteiger partial charge on any atom is 0.264 e. The summed E-state index contributed by atoms with van der Waals surface area (Å²) in [6.45, 7) is 3.39. The van der Waals surface area contributed by atoms with Crippen LogP contribution in [0.3, 0.4) is 0 Å². The average Bonchev–Trinajstić information content (AvgIpc) is 3.02. The van der Waals surface area contributed by atoms with Crippen molar-refractivity contribution in [3.05, 3.63) is 130 Å². The molecule has 0 aliphatic heterocycles. The number of amides is 2. The van der Waals surface area contributed by atoms with Crippen LogP contribution in [0, 0.1) is 0 Å².